The van der Waals surface area contributed by atoms with E-state index in [0.29, 0.717) is 6.07 Å². The van der Waals surface area contributed by atoms with Gasteiger partial charge < -0.3 is 4.74 Å². The Morgan fingerprint density at radius 3 is 2.46 bits per heavy atom. The smallest absolute Gasteiger partial charge is 0.416 e. The zero-order valence-corrected chi connectivity index (χ0v) is 14.5. The van der Waals surface area contributed by atoms with Gasteiger partial charge in [-0.3, -0.25) is 4.79 Å². The molecule has 0 spiro atoms. The number of alkyl halides is 3. The molecule has 0 aliphatic carbocycles. The quantitative estimate of drug-likeness (QED) is 0.774. The number of carbonyl (C=O) groups excluding carboxylic acids is 1. The van der Waals surface area contributed by atoms with Crippen molar-refractivity contribution in [3.8, 4) is 0 Å². The first-order chi connectivity index (χ1) is 12.1. The number of ether oxygens (including phenoxy) is 1. The molecule has 2 aromatic rings. The van der Waals surface area contributed by atoms with Crippen LogP contribution < -0.4 is 4.72 Å². The Balaban J connectivity index is 1.96. The van der Waals surface area contributed by atoms with Crippen molar-refractivity contribution in [3.63, 3.8) is 0 Å². The fourth-order valence-corrected chi connectivity index (χ4v) is 3.11. The van der Waals surface area contributed by atoms with E-state index in [1.54, 1.807) is 18.2 Å². The van der Waals surface area contributed by atoms with Crippen LogP contribution in [0.25, 0.3) is 0 Å². The molecular formula is C17H16F3NO4S. The number of hydrogen-bond acceptors (Lipinski definition) is 4. The van der Waals surface area contributed by atoms with E-state index in [0.717, 1.165) is 29.3 Å². The fraction of sp³-hybridized carbons (Fsp3) is 0.235. The number of halogens is 3. The average Bonchev–Trinajstić information content (AvgIpc) is 2.58. The molecule has 0 aliphatic rings. The SMILES string of the molecule is Cc1cccc(COC(=O)CNS(=O)(=O)c2cccc(C(F)(F)F)c2)c1. The Morgan fingerprint density at radius 1 is 1.12 bits per heavy atom. The lowest BCUT2D eigenvalue weighted by Crippen LogP contribution is -2.30. The lowest BCUT2D eigenvalue weighted by atomic mass is 10.1. The predicted octanol–water partition coefficient (Wildman–Crippen LogP) is 3.04. The van der Waals surface area contributed by atoms with Gasteiger partial charge in [0.2, 0.25) is 10.0 Å². The highest BCUT2D eigenvalue weighted by Crippen LogP contribution is 2.30. The second-order valence-electron chi connectivity index (χ2n) is 5.50. The Hall–Kier alpha value is -2.39. The summed E-state index contributed by atoms with van der Waals surface area (Å²) in [5.74, 6) is -0.845. The number of benzene rings is 2. The molecule has 0 radical (unpaired) electrons. The zero-order chi connectivity index (χ0) is 19.4. The topological polar surface area (TPSA) is 72.5 Å². The number of carbonyl (C=O) groups is 1. The molecule has 2 aromatic carbocycles. The number of aryl methyl sites for hydroxylation is 1. The Bertz CT molecular complexity index is 895. The summed E-state index contributed by atoms with van der Waals surface area (Å²) in [7, 11) is -4.28. The van der Waals surface area contributed by atoms with Crippen molar-refractivity contribution in [2.24, 2.45) is 0 Å². The summed E-state index contributed by atoms with van der Waals surface area (Å²) < 4.78 is 69.0. The van der Waals surface area contributed by atoms with Gasteiger partial charge in [0.05, 0.1) is 10.5 Å². The van der Waals surface area contributed by atoms with Crippen molar-refractivity contribution in [1.29, 1.82) is 0 Å². The maximum Gasteiger partial charge on any atom is 0.416 e. The van der Waals surface area contributed by atoms with Crippen molar-refractivity contribution in [2.45, 2.75) is 24.6 Å². The predicted molar refractivity (Wildman–Crippen MR) is 87.6 cm³/mol. The van der Waals surface area contributed by atoms with Crippen LogP contribution in [-0.4, -0.2) is 20.9 Å². The second-order valence-corrected chi connectivity index (χ2v) is 7.27. The van der Waals surface area contributed by atoms with Gasteiger partial charge in [0.25, 0.3) is 0 Å². The van der Waals surface area contributed by atoms with Crippen LogP contribution in [0.4, 0.5) is 13.2 Å². The third-order valence-corrected chi connectivity index (χ3v) is 4.76. The Labute approximate surface area is 148 Å². The van der Waals surface area contributed by atoms with E-state index < -0.39 is 39.2 Å². The van der Waals surface area contributed by atoms with Crippen molar-refractivity contribution < 1.29 is 31.1 Å². The summed E-state index contributed by atoms with van der Waals surface area (Å²) in [5.41, 5.74) is 0.616. The second kappa shape index (κ2) is 7.88. The van der Waals surface area contributed by atoms with Crippen LogP contribution in [-0.2, 0) is 32.3 Å². The number of nitrogens with one attached hydrogen (secondary N) is 1. The standard InChI is InChI=1S/C17H16F3NO4S/c1-12-4-2-5-13(8-12)11-25-16(22)10-21-26(23,24)15-7-3-6-14(9-15)17(18,19)20/h2-9,21H,10-11H2,1H3. The van der Waals surface area contributed by atoms with Gasteiger partial charge in [-0.1, -0.05) is 35.9 Å². The highest BCUT2D eigenvalue weighted by Gasteiger charge is 2.31. The zero-order valence-electron chi connectivity index (χ0n) is 13.7. The van der Waals surface area contributed by atoms with E-state index in [2.05, 4.69) is 0 Å². The van der Waals surface area contributed by atoms with Gasteiger partial charge in [-0.15, -0.1) is 0 Å². The van der Waals surface area contributed by atoms with Crippen molar-refractivity contribution >= 4 is 16.0 Å². The highest BCUT2D eigenvalue weighted by molar-refractivity contribution is 7.89. The maximum atomic E-state index is 12.7. The third kappa shape index (κ3) is 5.57. The van der Waals surface area contributed by atoms with Crippen LogP contribution in [0.15, 0.2) is 53.4 Å². The fourth-order valence-electron chi connectivity index (χ4n) is 2.09. The van der Waals surface area contributed by atoms with Crippen LogP contribution in [0.3, 0.4) is 0 Å². The third-order valence-electron chi connectivity index (χ3n) is 3.36. The molecule has 0 saturated heterocycles. The van der Waals surface area contributed by atoms with Gasteiger partial charge >= 0.3 is 12.1 Å². The molecular weight excluding hydrogens is 371 g/mol. The molecule has 0 bridgehead atoms. The summed E-state index contributed by atoms with van der Waals surface area (Å²) >= 11 is 0. The summed E-state index contributed by atoms with van der Waals surface area (Å²) in [5, 5.41) is 0. The minimum atomic E-state index is -4.67. The molecule has 140 valence electrons. The molecule has 0 fully saturated rings. The van der Waals surface area contributed by atoms with Crippen LogP contribution in [0.1, 0.15) is 16.7 Å². The largest absolute Gasteiger partial charge is 0.460 e. The molecule has 0 atom stereocenters. The highest BCUT2D eigenvalue weighted by atomic mass is 32.2. The van der Waals surface area contributed by atoms with Gasteiger partial charge in [-0.05, 0) is 30.7 Å². The summed E-state index contributed by atoms with van der Waals surface area (Å²) in [6.07, 6.45) is -4.67. The number of sulfonamides is 1. The molecule has 5 nitrogen and oxygen atoms in total. The molecule has 0 amide bonds. The lowest BCUT2D eigenvalue weighted by molar-refractivity contribution is -0.143. The van der Waals surface area contributed by atoms with E-state index in [9.17, 15) is 26.4 Å². The first kappa shape index (κ1) is 19.9. The number of rotatable bonds is 6. The lowest BCUT2D eigenvalue weighted by Gasteiger charge is -2.10. The number of hydrogen-bond donors (Lipinski definition) is 1. The molecule has 0 saturated carbocycles. The van der Waals surface area contributed by atoms with Gasteiger partial charge in [0.15, 0.2) is 0 Å². The van der Waals surface area contributed by atoms with Gasteiger partial charge in [0.1, 0.15) is 13.2 Å². The molecule has 1 N–H and O–H groups in total. The summed E-state index contributed by atoms with van der Waals surface area (Å²) in [6.45, 7) is 1.14. The normalized spacial score (nSPS) is 12.0. The summed E-state index contributed by atoms with van der Waals surface area (Å²) in [6, 6.07) is 10.5. The summed E-state index contributed by atoms with van der Waals surface area (Å²) in [4.78, 5) is 11.1. The van der Waals surface area contributed by atoms with Crippen LogP contribution in [0.2, 0.25) is 0 Å². The first-order valence-electron chi connectivity index (χ1n) is 7.46. The molecule has 0 aromatic heterocycles. The first-order valence-corrected chi connectivity index (χ1v) is 8.94. The van der Waals surface area contributed by atoms with Crippen LogP contribution in [0, 0.1) is 6.92 Å². The van der Waals surface area contributed by atoms with E-state index in [-0.39, 0.29) is 6.61 Å². The van der Waals surface area contributed by atoms with Crippen molar-refractivity contribution in [1.82, 2.24) is 4.72 Å². The molecule has 26 heavy (non-hydrogen) atoms. The van der Waals surface area contributed by atoms with Gasteiger partial charge in [-0.25, -0.2) is 8.42 Å². The minimum Gasteiger partial charge on any atom is -0.460 e. The molecule has 0 unspecified atom stereocenters. The van der Waals surface area contributed by atoms with Gasteiger partial charge in [-0.2, -0.15) is 17.9 Å². The molecule has 0 heterocycles. The van der Waals surface area contributed by atoms with E-state index >= 15 is 0 Å². The average molecular weight is 387 g/mol. The minimum absolute atomic E-state index is 0.0359. The van der Waals surface area contributed by atoms with Gasteiger partial charge in [0, 0.05) is 0 Å². The van der Waals surface area contributed by atoms with Crippen molar-refractivity contribution in [3.05, 3.63) is 65.2 Å². The molecule has 0 aliphatic heterocycles. The van der Waals surface area contributed by atoms with Crippen LogP contribution in [0.5, 0.6) is 0 Å². The Morgan fingerprint density at radius 2 is 1.81 bits per heavy atom. The van der Waals surface area contributed by atoms with E-state index in [1.165, 1.54) is 0 Å². The monoisotopic (exact) mass is 387 g/mol. The molecule has 9 heteroatoms. The van der Waals surface area contributed by atoms with E-state index in [1.807, 2.05) is 17.7 Å². The molecule has 2 rings (SSSR count). The maximum absolute atomic E-state index is 12.7. The van der Waals surface area contributed by atoms with Crippen molar-refractivity contribution in [2.75, 3.05) is 6.54 Å². The van der Waals surface area contributed by atoms with Crippen LogP contribution >= 0.6 is 0 Å². The number of esters is 1. The Kier molecular flexibility index (Phi) is 6.04. The van der Waals surface area contributed by atoms with E-state index in [4.69, 9.17) is 4.74 Å².